The zero-order valence-corrected chi connectivity index (χ0v) is 10.6. The average Bonchev–Trinajstić information content (AvgIpc) is 2.27. The molecule has 2 nitrogen and oxygen atoms in total. The SMILES string of the molecule is CCCCCC=CCCC=CC(=O)OCC. The minimum Gasteiger partial charge on any atom is -0.463 e. The molecule has 0 aromatic heterocycles. The van der Waals surface area contributed by atoms with Crippen molar-refractivity contribution < 1.29 is 9.53 Å². The number of esters is 1. The van der Waals surface area contributed by atoms with Gasteiger partial charge in [-0.2, -0.15) is 0 Å². The van der Waals surface area contributed by atoms with Crippen molar-refractivity contribution in [1.82, 2.24) is 0 Å². The Bertz CT molecular complexity index is 217. The van der Waals surface area contributed by atoms with E-state index >= 15 is 0 Å². The summed E-state index contributed by atoms with van der Waals surface area (Å²) in [6.45, 7) is 4.47. The van der Waals surface area contributed by atoms with Gasteiger partial charge in [0.15, 0.2) is 0 Å². The lowest BCUT2D eigenvalue weighted by Gasteiger charge is -1.94. The molecule has 0 saturated carbocycles. The van der Waals surface area contributed by atoms with Crippen molar-refractivity contribution in [3.63, 3.8) is 0 Å². The monoisotopic (exact) mass is 224 g/mol. The molecule has 0 N–H and O–H groups in total. The number of rotatable bonds is 9. The van der Waals surface area contributed by atoms with E-state index in [1.165, 1.54) is 31.8 Å². The maximum atomic E-state index is 10.9. The van der Waals surface area contributed by atoms with Gasteiger partial charge in [-0.05, 0) is 32.6 Å². The Hall–Kier alpha value is -1.05. The first-order valence-corrected chi connectivity index (χ1v) is 6.29. The second-order valence-electron chi connectivity index (χ2n) is 3.70. The summed E-state index contributed by atoms with van der Waals surface area (Å²) in [4.78, 5) is 10.9. The third-order valence-corrected chi connectivity index (χ3v) is 2.18. The van der Waals surface area contributed by atoms with E-state index in [1.54, 1.807) is 0 Å². The summed E-state index contributed by atoms with van der Waals surface area (Å²) < 4.78 is 4.77. The van der Waals surface area contributed by atoms with Crippen LogP contribution < -0.4 is 0 Å². The second kappa shape index (κ2) is 12.0. The smallest absolute Gasteiger partial charge is 0.330 e. The van der Waals surface area contributed by atoms with Crippen molar-refractivity contribution in [2.75, 3.05) is 6.61 Å². The molecule has 0 rings (SSSR count). The van der Waals surface area contributed by atoms with Gasteiger partial charge in [-0.15, -0.1) is 0 Å². The lowest BCUT2D eigenvalue weighted by Crippen LogP contribution is -1.98. The zero-order valence-electron chi connectivity index (χ0n) is 10.6. The maximum absolute atomic E-state index is 10.9. The van der Waals surface area contributed by atoms with Crippen LogP contribution >= 0.6 is 0 Å². The fourth-order valence-electron chi connectivity index (χ4n) is 1.31. The molecule has 0 heterocycles. The van der Waals surface area contributed by atoms with Crippen LogP contribution in [0.25, 0.3) is 0 Å². The first kappa shape index (κ1) is 14.9. The Morgan fingerprint density at radius 3 is 2.38 bits per heavy atom. The molecular weight excluding hydrogens is 200 g/mol. The number of hydrogen-bond acceptors (Lipinski definition) is 2. The molecule has 92 valence electrons. The van der Waals surface area contributed by atoms with E-state index in [2.05, 4.69) is 19.1 Å². The Labute approximate surface area is 99.4 Å². The number of hydrogen-bond donors (Lipinski definition) is 0. The van der Waals surface area contributed by atoms with Gasteiger partial charge < -0.3 is 4.74 Å². The van der Waals surface area contributed by atoms with Gasteiger partial charge in [-0.1, -0.05) is 38.0 Å². The van der Waals surface area contributed by atoms with Gasteiger partial charge in [-0.3, -0.25) is 0 Å². The molecule has 0 radical (unpaired) electrons. The van der Waals surface area contributed by atoms with Gasteiger partial charge in [0.25, 0.3) is 0 Å². The molecule has 0 aromatic carbocycles. The second-order valence-corrected chi connectivity index (χ2v) is 3.70. The lowest BCUT2D eigenvalue weighted by atomic mass is 10.2. The van der Waals surface area contributed by atoms with Crippen LogP contribution in [0, 0.1) is 0 Å². The normalized spacial score (nSPS) is 11.4. The van der Waals surface area contributed by atoms with Crippen molar-refractivity contribution in [3.8, 4) is 0 Å². The fourth-order valence-corrected chi connectivity index (χ4v) is 1.31. The molecule has 0 saturated heterocycles. The van der Waals surface area contributed by atoms with Crippen molar-refractivity contribution in [3.05, 3.63) is 24.3 Å². The quantitative estimate of drug-likeness (QED) is 0.256. The van der Waals surface area contributed by atoms with Crippen LogP contribution in [-0.2, 0) is 9.53 Å². The summed E-state index contributed by atoms with van der Waals surface area (Å²) in [6, 6.07) is 0. The van der Waals surface area contributed by atoms with Crippen molar-refractivity contribution >= 4 is 5.97 Å². The fraction of sp³-hybridized carbons (Fsp3) is 0.643. The van der Waals surface area contributed by atoms with Crippen molar-refractivity contribution in [1.29, 1.82) is 0 Å². The number of unbranched alkanes of at least 4 members (excludes halogenated alkanes) is 4. The highest BCUT2D eigenvalue weighted by Crippen LogP contribution is 2.01. The number of carbonyl (C=O) groups is 1. The Balaban J connectivity index is 3.34. The van der Waals surface area contributed by atoms with E-state index < -0.39 is 0 Å². The minimum absolute atomic E-state index is 0.241. The molecule has 0 aliphatic carbocycles. The van der Waals surface area contributed by atoms with Crippen LogP contribution in [0.5, 0.6) is 0 Å². The molecule has 0 fully saturated rings. The highest BCUT2D eigenvalue weighted by molar-refractivity contribution is 5.81. The van der Waals surface area contributed by atoms with Crippen molar-refractivity contribution in [2.45, 2.75) is 52.4 Å². The molecule has 0 aliphatic rings. The first-order chi connectivity index (χ1) is 7.81. The van der Waals surface area contributed by atoms with Crippen LogP contribution in [0.4, 0.5) is 0 Å². The summed E-state index contributed by atoms with van der Waals surface area (Å²) in [5.41, 5.74) is 0. The van der Waals surface area contributed by atoms with E-state index in [4.69, 9.17) is 4.74 Å². The van der Waals surface area contributed by atoms with Gasteiger partial charge in [0.05, 0.1) is 6.61 Å². The average molecular weight is 224 g/mol. The highest BCUT2D eigenvalue weighted by atomic mass is 16.5. The predicted octanol–water partition coefficient (Wildman–Crippen LogP) is 4.02. The largest absolute Gasteiger partial charge is 0.463 e. The third-order valence-electron chi connectivity index (χ3n) is 2.18. The predicted molar refractivity (Wildman–Crippen MR) is 68.3 cm³/mol. The van der Waals surface area contributed by atoms with Gasteiger partial charge in [-0.25, -0.2) is 4.79 Å². The number of carbonyl (C=O) groups excluding carboxylic acids is 1. The maximum Gasteiger partial charge on any atom is 0.330 e. The molecule has 0 aliphatic heterocycles. The highest BCUT2D eigenvalue weighted by Gasteiger charge is 1.90. The summed E-state index contributed by atoms with van der Waals surface area (Å²) in [7, 11) is 0. The molecule has 0 unspecified atom stereocenters. The molecular formula is C14H24O2. The lowest BCUT2D eigenvalue weighted by molar-refractivity contribution is -0.137. The Morgan fingerprint density at radius 1 is 1.00 bits per heavy atom. The zero-order chi connectivity index (χ0) is 12.1. The topological polar surface area (TPSA) is 26.3 Å². The standard InChI is InChI=1S/C14H24O2/c1-3-5-6-7-8-9-10-11-12-13-14(15)16-4-2/h8-9,12-13H,3-7,10-11H2,1-2H3. The summed E-state index contributed by atoms with van der Waals surface area (Å²) in [6.07, 6.45) is 14.7. The molecule has 0 aromatic rings. The minimum atomic E-state index is -0.241. The van der Waals surface area contributed by atoms with Crippen molar-refractivity contribution in [2.24, 2.45) is 0 Å². The molecule has 0 spiro atoms. The summed E-state index contributed by atoms with van der Waals surface area (Å²) >= 11 is 0. The molecule has 2 heteroatoms. The van der Waals surface area contributed by atoms with Crippen LogP contribution in [0.3, 0.4) is 0 Å². The Morgan fingerprint density at radius 2 is 1.69 bits per heavy atom. The Kier molecular flexibility index (Phi) is 11.2. The molecule has 16 heavy (non-hydrogen) atoms. The van der Waals surface area contributed by atoms with Gasteiger partial charge >= 0.3 is 5.97 Å². The van der Waals surface area contributed by atoms with Crippen LogP contribution in [0.1, 0.15) is 52.4 Å². The van der Waals surface area contributed by atoms with Gasteiger partial charge in [0.2, 0.25) is 0 Å². The van der Waals surface area contributed by atoms with Crippen LogP contribution in [0.15, 0.2) is 24.3 Å². The van der Waals surface area contributed by atoms with Gasteiger partial charge in [0, 0.05) is 6.08 Å². The first-order valence-electron chi connectivity index (χ1n) is 6.29. The third kappa shape index (κ3) is 11.0. The van der Waals surface area contributed by atoms with Crippen LogP contribution in [0.2, 0.25) is 0 Å². The van der Waals surface area contributed by atoms with E-state index in [-0.39, 0.29) is 5.97 Å². The molecule has 0 bridgehead atoms. The van der Waals surface area contributed by atoms with E-state index in [1.807, 2.05) is 13.0 Å². The van der Waals surface area contributed by atoms with Crippen LogP contribution in [-0.4, -0.2) is 12.6 Å². The summed E-state index contributed by atoms with van der Waals surface area (Å²) in [5.74, 6) is -0.241. The van der Waals surface area contributed by atoms with E-state index in [0.717, 1.165) is 12.8 Å². The number of allylic oxidation sites excluding steroid dienone is 3. The summed E-state index contributed by atoms with van der Waals surface area (Å²) in [5, 5.41) is 0. The molecule has 0 atom stereocenters. The van der Waals surface area contributed by atoms with E-state index in [9.17, 15) is 4.79 Å². The number of ether oxygens (including phenoxy) is 1. The molecule has 0 amide bonds. The van der Waals surface area contributed by atoms with E-state index in [0.29, 0.717) is 6.61 Å². The van der Waals surface area contributed by atoms with Gasteiger partial charge in [0.1, 0.15) is 0 Å².